The molecule has 0 spiro atoms. The molecule has 0 aliphatic rings. The Balaban J connectivity index is 1.65. The van der Waals surface area contributed by atoms with E-state index >= 15 is 0 Å². The van der Waals surface area contributed by atoms with Crippen LogP contribution in [0.25, 0.3) is 0 Å². The smallest absolute Gasteiger partial charge is 0.341 e. The Hall–Kier alpha value is -4.11. The van der Waals surface area contributed by atoms with E-state index in [1.54, 1.807) is 6.07 Å². The summed E-state index contributed by atoms with van der Waals surface area (Å²) in [6.07, 6.45) is -4.70. The molecule has 36 heavy (non-hydrogen) atoms. The van der Waals surface area contributed by atoms with Crippen molar-refractivity contribution in [1.82, 2.24) is 5.32 Å². The van der Waals surface area contributed by atoms with Gasteiger partial charge in [-0.05, 0) is 41.5 Å². The summed E-state index contributed by atoms with van der Waals surface area (Å²) < 4.78 is 67.3. The Labute approximate surface area is 206 Å². The van der Waals surface area contributed by atoms with E-state index < -0.39 is 38.6 Å². The average molecular weight is 511 g/mol. The molecule has 0 aliphatic heterocycles. The highest BCUT2D eigenvalue weighted by Crippen LogP contribution is 2.31. The van der Waals surface area contributed by atoms with Crippen molar-refractivity contribution in [3.05, 3.63) is 131 Å². The molecule has 0 saturated carbocycles. The summed E-state index contributed by atoms with van der Waals surface area (Å²) in [4.78, 5) is 12.8. The summed E-state index contributed by atoms with van der Waals surface area (Å²) in [7, 11) is -4.41. The minimum absolute atomic E-state index is 0.0184. The summed E-state index contributed by atoms with van der Waals surface area (Å²) in [5.74, 6) is -0.560. The highest BCUT2D eigenvalue weighted by molar-refractivity contribution is 7.92. The zero-order valence-electron chi connectivity index (χ0n) is 18.7. The van der Waals surface area contributed by atoms with Gasteiger partial charge < -0.3 is 5.32 Å². The third kappa shape index (κ3) is 5.75. The number of hydrogen-bond donors (Lipinski definition) is 2. The van der Waals surface area contributed by atoms with Crippen LogP contribution in [0.4, 0.5) is 18.9 Å². The van der Waals surface area contributed by atoms with Gasteiger partial charge in [0.25, 0.3) is 15.9 Å². The molecule has 4 aromatic carbocycles. The van der Waals surface area contributed by atoms with Crippen LogP contribution >= 0.6 is 0 Å². The van der Waals surface area contributed by atoms with E-state index in [9.17, 15) is 26.4 Å². The molecule has 0 radical (unpaired) electrons. The monoisotopic (exact) mass is 510 g/mol. The number of anilines is 1. The number of para-hydroxylation sites is 1. The Morgan fingerprint density at radius 3 is 1.86 bits per heavy atom. The van der Waals surface area contributed by atoms with Crippen molar-refractivity contribution in [2.75, 3.05) is 4.72 Å². The zero-order chi connectivity index (χ0) is 25.8. The van der Waals surface area contributed by atoms with E-state index in [1.165, 1.54) is 18.2 Å². The molecule has 5 nitrogen and oxygen atoms in total. The third-order valence-electron chi connectivity index (χ3n) is 5.43. The van der Waals surface area contributed by atoms with Crippen molar-refractivity contribution in [2.24, 2.45) is 0 Å². The molecule has 0 aliphatic carbocycles. The van der Waals surface area contributed by atoms with Crippen LogP contribution < -0.4 is 10.0 Å². The minimum atomic E-state index is -4.70. The topological polar surface area (TPSA) is 75.3 Å². The fourth-order valence-electron chi connectivity index (χ4n) is 3.67. The van der Waals surface area contributed by atoms with E-state index in [-0.39, 0.29) is 11.3 Å². The molecule has 0 atom stereocenters. The number of benzene rings is 4. The molecule has 4 aromatic rings. The number of carbonyl (C=O) groups is 1. The third-order valence-corrected chi connectivity index (χ3v) is 6.79. The van der Waals surface area contributed by atoms with Gasteiger partial charge in [-0.25, -0.2) is 8.42 Å². The van der Waals surface area contributed by atoms with Crippen LogP contribution in [0.2, 0.25) is 0 Å². The second-order valence-corrected chi connectivity index (χ2v) is 9.59. The molecular weight excluding hydrogens is 489 g/mol. The molecule has 0 fully saturated rings. The summed E-state index contributed by atoms with van der Waals surface area (Å²) in [5, 5.41) is 2.94. The normalized spacial score (nSPS) is 11.8. The number of halogens is 3. The van der Waals surface area contributed by atoms with Crippen LogP contribution in [-0.2, 0) is 16.2 Å². The lowest BCUT2D eigenvalue weighted by molar-refractivity contribution is -0.137. The van der Waals surface area contributed by atoms with Crippen LogP contribution in [0.5, 0.6) is 0 Å². The molecule has 9 heteroatoms. The van der Waals surface area contributed by atoms with Gasteiger partial charge in [-0.2, -0.15) is 13.2 Å². The first-order valence-corrected chi connectivity index (χ1v) is 12.3. The van der Waals surface area contributed by atoms with Gasteiger partial charge in [0.1, 0.15) is 0 Å². The van der Waals surface area contributed by atoms with Crippen LogP contribution in [0, 0.1) is 0 Å². The number of alkyl halides is 3. The Kier molecular flexibility index (Phi) is 7.12. The van der Waals surface area contributed by atoms with Crippen LogP contribution in [0.1, 0.15) is 33.1 Å². The Morgan fingerprint density at radius 2 is 1.28 bits per heavy atom. The number of hydrogen-bond acceptors (Lipinski definition) is 3. The fraction of sp³-hybridized carbons (Fsp3) is 0.0741. The van der Waals surface area contributed by atoms with E-state index in [2.05, 4.69) is 10.0 Å². The first-order chi connectivity index (χ1) is 17.1. The van der Waals surface area contributed by atoms with Gasteiger partial charge in [0.2, 0.25) is 0 Å². The van der Waals surface area contributed by atoms with Gasteiger partial charge >= 0.3 is 6.18 Å². The largest absolute Gasteiger partial charge is 0.416 e. The van der Waals surface area contributed by atoms with Crippen molar-refractivity contribution < 1.29 is 26.4 Å². The maximum absolute atomic E-state index is 13.3. The van der Waals surface area contributed by atoms with Gasteiger partial charge in [0, 0.05) is 0 Å². The van der Waals surface area contributed by atoms with E-state index in [1.807, 2.05) is 60.7 Å². The summed E-state index contributed by atoms with van der Waals surface area (Å²) in [5.41, 5.74) is 0.500. The number of nitrogens with one attached hydrogen (secondary N) is 2. The highest BCUT2D eigenvalue weighted by Gasteiger charge is 2.32. The van der Waals surface area contributed by atoms with Crippen LogP contribution in [0.15, 0.2) is 114 Å². The summed E-state index contributed by atoms with van der Waals surface area (Å²) in [6.45, 7) is 0. The van der Waals surface area contributed by atoms with Gasteiger partial charge in [-0.1, -0.05) is 78.9 Å². The number of carbonyl (C=O) groups excluding carboxylic acids is 1. The van der Waals surface area contributed by atoms with Crippen molar-refractivity contribution in [3.63, 3.8) is 0 Å². The van der Waals surface area contributed by atoms with Gasteiger partial charge in [-0.3, -0.25) is 9.52 Å². The fourth-order valence-corrected chi connectivity index (χ4v) is 4.80. The molecule has 4 rings (SSSR count). The molecule has 2 N–H and O–H groups in total. The first kappa shape index (κ1) is 25.0. The lowest BCUT2D eigenvalue weighted by atomic mass is 9.98. The van der Waals surface area contributed by atoms with Crippen molar-refractivity contribution in [1.29, 1.82) is 0 Å². The molecular formula is C27H21F3N2O3S. The predicted molar refractivity (Wildman–Crippen MR) is 131 cm³/mol. The maximum atomic E-state index is 13.3. The van der Waals surface area contributed by atoms with E-state index in [4.69, 9.17) is 0 Å². The van der Waals surface area contributed by atoms with Gasteiger partial charge in [0.05, 0.1) is 27.8 Å². The first-order valence-electron chi connectivity index (χ1n) is 10.8. The zero-order valence-corrected chi connectivity index (χ0v) is 19.6. The highest BCUT2D eigenvalue weighted by atomic mass is 32.2. The lowest BCUT2D eigenvalue weighted by Gasteiger charge is -2.21. The molecule has 1 amide bonds. The standard InChI is InChI=1S/C27H21F3N2O3S/c28-27(29,30)21-14-9-15-22(18-21)36(34,35)32-24-17-8-7-16-23(24)26(33)31-25(19-10-3-1-4-11-19)20-12-5-2-6-13-20/h1-18,25,32H,(H,31,33). The minimum Gasteiger partial charge on any atom is -0.341 e. The Morgan fingerprint density at radius 1 is 0.722 bits per heavy atom. The van der Waals surface area contributed by atoms with Crippen LogP contribution in [0.3, 0.4) is 0 Å². The Bertz CT molecular complexity index is 1420. The van der Waals surface area contributed by atoms with Gasteiger partial charge in [-0.15, -0.1) is 0 Å². The molecule has 0 aromatic heterocycles. The van der Waals surface area contributed by atoms with Crippen molar-refractivity contribution in [2.45, 2.75) is 17.1 Å². The molecule has 0 saturated heterocycles. The molecule has 0 heterocycles. The molecule has 0 bridgehead atoms. The number of sulfonamides is 1. The molecule has 184 valence electrons. The predicted octanol–water partition coefficient (Wildman–Crippen LogP) is 6.03. The van der Waals surface area contributed by atoms with Crippen molar-refractivity contribution in [3.8, 4) is 0 Å². The summed E-state index contributed by atoms with van der Waals surface area (Å²) >= 11 is 0. The number of amides is 1. The average Bonchev–Trinajstić information content (AvgIpc) is 2.88. The van der Waals surface area contributed by atoms with Gasteiger partial charge in [0.15, 0.2) is 0 Å². The SMILES string of the molecule is O=C(NC(c1ccccc1)c1ccccc1)c1ccccc1NS(=O)(=O)c1cccc(C(F)(F)F)c1. The van der Waals surface area contributed by atoms with Crippen LogP contribution in [-0.4, -0.2) is 14.3 Å². The second-order valence-electron chi connectivity index (χ2n) is 7.90. The summed E-state index contributed by atoms with van der Waals surface area (Å²) in [6, 6.07) is 27.3. The van der Waals surface area contributed by atoms with E-state index in [0.717, 1.165) is 29.3 Å². The maximum Gasteiger partial charge on any atom is 0.416 e. The molecule has 0 unspecified atom stereocenters. The number of rotatable bonds is 7. The van der Waals surface area contributed by atoms with E-state index in [0.29, 0.717) is 6.07 Å². The van der Waals surface area contributed by atoms with Crippen molar-refractivity contribution >= 4 is 21.6 Å². The lowest BCUT2D eigenvalue weighted by Crippen LogP contribution is -2.30. The second kappa shape index (κ2) is 10.2. The quantitative estimate of drug-likeness (QED) is 0.319.